The Hall–Kier alpha value is -1.36. The zero-order valence-corrected chi connectivity index (χ0v) is 13.0. The monoisotopic (exact) mass is 281 g/mol. The number of aliphatic hydroxyl groups is 1. The second-order valence-electron chi connectivity index (χ2n) is 5.97. The minimum absolute atomic E-state index is 0.0313. The van der Waals surface area contributed by atoms with Gasteiger partial charge in [-0.1, -0.05) is 27.7 Å². The van der Waals surface area contributed by atoms with Crippen LogP contribution in [-0.2, 0) is 11.3 Å². The summed E-state index contributed by atoms with van der Waals surface area (Å²) in [5.41, 5.74) is 0. The van der Waals surface area contributed by atoms with E-state index in [0.29, 0.717) is 37.8 Å². The largest absolute Gasteiger partial charge is 0.391 e. The first-order valence-electron chi connectivity index (χ1n) is 7.36. The lowest BCUT2D eigenvalue weighted by molar-refractivity contribution is -0.121. The predicted molar refractivity (Wildman–Crippen MR) is 79.4 cm³/mol. The summed E-state index contributed by atoms with van der Waals surface area (Å²) in [7, 11) is 0. The highest BCUT2D eigenvalue weighted by Gasteiger charge is 2.11. The third-order valence-electron chi connectivity index (χ3n) is 3.12. The Morgan fingerprint density at radius 1 is 1.40 bits per heavy atom. The zero-order chi connectivity index (χ0) is 15.1. The maximum Gasteiger partial charge on any atom is 0.221 e. The van der Waals surface area contributed by atoms with E-state index in [9.17, 15) is 9.90 Å². The molecule has 0 radical (unpaired) electrons. The van der Waals surface area contributed by atoms with Crippen LogP contribution in [0.15, 0.2) is 12.4 Å². The van der Waals surface area contributed by atoms with Gasteiger partial charge >= 0.3 is 0 Å². The van der Waals surface area contributed by atoms with Gasteiger partial charge in [-0.15, -0.1) is 0 Å². The molecule has 1 aromatic rings. The van der Waals surface area contributed by atoms with Crippen molar-refractivity contribution in [2.24, 2.45) is 5.92 Å². The number of imidazole rings is 1. The molecule has 0 aliphatic rings. The van der Waals surface area contributed by atoms with E-state index in [1.807, 2.05) is 10.8 Å². The Morgan fingerprint density at radius 3 is 2.70 bits per heavy atom. The Bertz CT molecular complexity index is 413. The number of amides is 1. The SMILES string of the molecule is CC(C)CC(O)CNC(=O)CCn1ccnc1C(C)C. The average Bonchev–Trinajstić information content (AvgIpc) is 2.81. The molecule has 5 nitrogen and oxygen atoms in total. The van der Waals surface area contributed by atoms with Crippen molar-refractivity contribution in [2.45, 2.75) is 59.1 Å². The molecular weight excluding hydrogens is 254 g/mol. The molecule has 0 saturated heterocycles. The van der Waals surface area contributed by atoms with Gasteiger partial charge < -0.3 is 15.0 Å². The molecule has 1 aromatic heterocycles. The molecular formula is C15H27N3O2. The third kappa shape index (κ3) is 5.74. The smallest absolute Gasteiger partial charge is 0.221 e. The van der Waals surface area contributed by atoms with E-state index >= 15 is 0 Å². The number of hydrogen-bond donors (Lipinski definition) is 2. The van der Waals surface area contributed by atoms with Crippen molar-refractivity contribution in [3.05, 3.63) is 18.2 Å². The minimum Gasteiger partial charge on any atom is -0.391 e. The van der Waals surface area contributed by atoms with Crippen LogP contribution < -0.4 is 5.32 Å². The van der Waals surface area contributed by atoms with Crippen molar-refractivity contribution in [2.75, 3.05) is 6.54 Å². The Balaban J connectivity index is 2.31. The summed E-state index contributed by atoms with van der Waals surface area (Å²) in [6.07, 6.45) is 4.32. The molecule has 1 atom stereocenters. The number of nitrogens with zero attached hydrogens (tertiary/aromatic N) is 2. The van der Waals surface area contributed by atoms with Gasteiger partial charge in [-0.25, -0.2) is 4.98 Å². The van der Waals surface area contributed by atoms with Gasteiger partial charge in [-0.2, -0.15) is 0 Å². The number of carbonyl (C=O) groups is 1. The molecule has 0 aliphatic carbocycles. The van der Waals surface area contributed by atoms with Crippen molar-refractivity contribution < 1.29 is 9.90 Å². The first-order chi connectivity index (χ1) is 9.40. The quantitative estimate of drug-likeness (QED) is 0.765. The highest BCUT2D eigenvalue weighted by Crippen LogP contribution is 2.11. The average molecular weight is 281 g/mol. The highest BCUT2D eigenvalue weighted by atomic mass is 16.3. The standard InChI is InChI=1S/C15H27N3O2/c1-11(2)9-13(19)10-17-14(20)5-7-18-8-6-16-15(18)12(3)4/h6,8,11-13,19H,5,7,9-10H2,1-4H3,(H,17,20). The predicted octanol–water partition coefficient (Wildman–Crippen LogP) is 1.92. The van der Waals surface area contributed by atoms with Gasteiger partial charge in [0.05, 0.1) is 6.10 Å². The maximum atomic E-state index is 11.8. The number of carbonyl (C=O) groups excluding carboxylic acids is 1. The summed E-state index contributed by atoms with van der Waals surface area (Å²) in [4.78, 5) is 16.0. The number of rotatable bonds is 8. The van der Waals surface area contributed by atoms with Crippen LogP contribution in [-0.4, -0.2) is 33.2 Å². The van der Waals surface area contributed by atoms with E-state index in [4.69, 9.17) is 0 Å². The molecule has 1 unspecified atom stereocenters. The maximum absolute atomic E-state index is 11.8. The summed E-state index contributed by atoms with van der Waals surface area (Å²) in [5.74, 6) is 1.75. The van der Waals surface area contributed by atoms with Crippen LogP contribution in [0.5, 0.6) is 0 Å². The summed E-state index contributed by atoms with van der Waals surface area (Å²) in [6.45, 7) is 9.23. The van der Waals surface area contributed by atoms with E-state index < -0.39 is 6.10 Å². The molecule has 0 spiro atoms. The van der Waals surface area contributed by atoms with Crippen LogP contribution in [0.1, 0.15) is 52.3 Å². The Labute approximate surface area is 121 Å². The highest BCUT2D eigenvalue weighted by molar-refractivity contribution is 5.75. The molecule has 0 aromatic carbocycles. The Morgan fingerprint density at radius 2 is 2.10 bits per heavy atom. The van der Waals surface area contributed by atoms with Crippen molar-refractivity contribution in [3.8, 4) is 0 Å². The van der Waals surface area contributed by atoms with Gasteiger partial charge in [0.15, 0.2) is 0 Å². The molecule has 20 heavy (non-hydrogen) atoms. The molecule has 5 heteroatoms. The van der Waals surface area contributed by atoms with Crippen molar-refractivity contribution >= 4 is 5.91 Å². The molecule has 1 rings (SSSR count). The van der Waals surface area contributed by atoms with Gasteiger partial charge in [0.25, 0.3) is 0 Å². The fraction of sp³-hybridized carbons (Fsp3) is 0.733. The van der Waals surface area contributed by atoms with E-state index in [1.165, 1.54) is 0 Å². The second kappa shape index (κ2) is 8.04. The normalized spacial score (nSPS) is 12.9. The van der Waals surface area contributed by atoms with Crippen molar-refractivity contribution in [1.82, 2.24) is 14.9 Å². The Kier molecular flexibility index (Phi) is 6.71. The minimum atomic E-state index is -0.460. The van der Waals surface area contributed by atoms with Gasteiger partial charge in [0.1, 0.15) is 5.82 Å². The fourth-order valence-corrected chi connectivity index (χ4v) is 2.18. The summed E-state index contributed by atoms with van der Waals surface area (Å²) < 4.78 is 2.01. The molecule has 2 N–H and O–H groups in total. The summed E-state index contributed by atoms with van der Waals surface area (Å²) in [5, 5.41) is 12.5. The molecule has 0 saturated carbocycles. The second-order valence-corrected chi connectivity index (χ2v) is 5.97. The lowest BCUT2D eigenvalue weighted by Crippen LogP contribution is -2.33. The van der Waals surface area contributed by atoms with E-state index in [2.05, 4.69) is 38.0 Å². The number of aryl methyl sites for hydroxylation is 1. The van der Waals surface area contributed by atoms with E-state index in [1.54, 1.807) is 6.20 Å². The van der Waals surface area contributed by atoms with E-state index in [-0.39, 0.29) is 5.91 Å². The molecule has 0 fully saturated rings. The van der Waals surface area contributed by atoms with Crippen molar-refractivity contribution in [1.29, 1.82) is 0 Å². The first kappa shape index (κ1) is 16.7. The van der Waals surface area contributed by atoms with Crippen LogP contribution >= 0.6 is 0 Å². The molecule has 1 heterocycles. The lowest BCUT2D eigenvalue weighted by atomic mass is 10.1. The summed E-state index contributed by atoms with van der Waals surface area (Å²) >= 11 is 0. The topological polar surface area (TPSA) is 67.2 Å². The molecule has 0 aliphatic heterocycles. The zero-order valence-electron chi connectivity index (χ0n) is 13.0. The first-order valence-corrected chi connectivity index (χ1v) is 7.36. The number of nitrogens with one attached hydrogen (secondary N) is 1. The van der Waals surface area contributed by atoms with Crippen molar-refractivity contribution in [3.63, 3.8) is 0 Å². The molecule has 1 amide bonds. The van der Waals surface area contributed by atoms with Crippen LogP contribution in [0.4, 0.5) is 0 Å². The number of hydrogen-bond acceptors (Lipinski definition) is 3. The lowest BCUT2D eigenvalue weighted by Gasteiger charge is -2.14. The van der Waals surface area contributed by atoms with Crippen LogP contribution in [0.3, 0.4) is 0 Å². The summed E-state index contributed by atoms with van der Waals surface area (Å²) in [6, 6.07) is 0. The molecule has 114 valence electrons. The van der Waals surface area contributed by atoms with Gasteiger partial charge in [-0.05, 0) is 12.3 Å². The van der Waals surface area contributed by atoms with Gasteiger partial charge in [0, 0.05) is 37.8 Å². The number of aromatic nitrogens is 2. The number of aliphatic hydroxyl groups excluding tert-OH is 1. The van der Waals surface area contributed by atoms with Crippen LogP contribution in [0.2, 0.25) is 0 Å². The van der Waals surface area contributed by atoms with Gasteiger partial charge in [-0.3, -0.25) is 4.79 Å². The molecule has 0 bridgehead atoms. The fourth-order valence-electron chi connectivity index (χ4n) is 2.18. The van der Waals surface area contributed by atoms with Crippen LogP contribution in [0.25, 0.3) is 0 Å². The third-order valence-corrected chi connectivity index (χ3v) is 3.12. The van der Waals surface area contributed by atoms with E-state index in [0.717, 1.165) is 5.82 Å². The van der Waals surface area contributed by atoms with Gasteiger partial charge in [0.2, 0.25) is 5.91 Å². The van der Waals surface area contributed by atoms with Crippen LogP contribution in [0, 0.1) is 5.92 Å².